The van der Waals surface area contributed by atoms with E-state index in [9.17, 15) is 0 Å². The zero-order valence-corrected chi connectivity index (χ0v) is 16.0. The molecule has 0 heterocycles. The summed E-state index contributed by atoms with van der Waals surface area (Å²) in [5, 5.41) is 0. The molecule has 0 atom stereocenters. The molecule has 1 aromatic carbocycles. The Morgan fingerprint density at radius 1 is 0.895 bits per heavy atom. The van der Waals surface area contributed by atoms with Crippen molar-refractivity contribution < 1.29 is 19.5 Å². The van der Waals surface area contributed by atoms with Crippen molar-refractivity contribution >= 4 is 0 Å². The summed E-state index contributed by atoms with van der Waals surface area (Å²) in [6, 6.07) is 8.71. The van der Waals surface area contributed by atoms with Crippen molar-refractivity contribution in [3.63, 3.8) is 0 Å². The van der Waals surface area contributed by atoms with Crippen molar-refractivity contribution in [1.82, 2.24) is 0 Å². The number of aryl methyl sites for hydroxylation is 1. The summed E-state index contributed by atoms with van der Waals surface area (Å²) in [7, 11) is 0. The predicted molar refractivity (Wildman–Crippen MR) is 87.8 cm³/mol. The van der Waals surface area contributed by atoms with Crippen LogP contribution >= 0.6 is 0 Å². The summed E-state index contributed by atoms with van der Waals surface area (Å²) < 4.78 is 0. The molecule has 0 unspecified atom stereocenters. The van der Waals surface area contributed by atoms with Crippen LogP contribution in [0.5, 0.6) is 0 Å². The second kappa shape index (κ2) is 15.9. The van der Waals surface area contributed by atoms with Crippen molar-refractivity contribution in [2.45, 2.75) is 60.3 Å². The maximum atomic E-state index is 2.25. The van der Waals surface area contributed by atoms with Crippen molar-refractivity contribution in [1.29, 1.82) is 0 Å². The van der Waals surface area contributed by atoms with Crippen LogP contribution in [0.3, 0.4) is 0 Å². The van der Waals surface area contributed by atoms with Gasteiger partial charge in [0.25, 0.3) is 0 Å². The third kappa shape index (κ3) is 15.8. The third-order valence-corrected chi connectivity index (χ3v) is 2.61. The van der Waals surface area contributed by atoms with Crippen LogP contribution in [0.15, 0.2) is 24.3 Å². The van der Waals surface area contributed by atoms with E-state index in [1.807, 2.05) is 0 Å². The summed E-state index contributed by atoms with van der Waals surface area (Å²) in [4.78, 5) is 0. The van der Waals surface area contributed by atoms with Crippen LogP contribution in [0.25, 0.3) is 0 Å². The Hall–Kier alpha value is -0.157. The van der Waals surface area contributed by atoms with Gasteiger partial charge < -0.3 is 14.9 Å². The summed E-state index contributed by atoms with van der Waals surface area (Å²) in [5.41, 5.74) is 2.76. The first-order valence-electron chi connectivity index (χ1n) is 6.53. The van der Waals surface area contributed by atoms with Crippen molar-refractivity contribution in [3.05, 3.63) is 50.2 Å². The first-order chi connectivity index (χ1) is 7.47. The van der Waals surface area contributed by atoms with Gasteiger partial charge in [0.1, 0.15) is 0 Å². The van der Waals surface area contributed by atoms with E-state index < -0.39 is 0 Å². The van der Waals surface area contributed by atoms with Crippen LogP contribution in [0, 0.1) is 27.7 Å². The number of rotatable bonds is 3. The third-order valence-electron chi connectivity index (χ3n) is 2.61. The normalized spacial score (nSPS) is 8.63. The van der Waals surface area contributed by atoms with E-state index in [0.717, 1.165) is 5.92 Å². The van der Waals surface area contributed by atoms with Gasteiger partial charge in [0, 0.05) is 0 Å². The molecule has 114 valence electrons. The van der Waals surface area contributed by atoms with Gasteiger partial charge in [0.2, 0.25) is 0 Å². The van der Waals surface area contributed by atoms with E-state index in [0.29, 0.717) is 5.92 Å². The fraction of sp³-hybridized carbons (Fsp3) is 0.556. The number of benzene rings is 1. The largest absolute Gasteiger partial charge is 2.00 e. The SMILES string of the molecule is CCCC(C)C.Cc1ccc(C(C)C)cc1.[CH3-].[CH3-].[Ru+2]. The molecule has 0 fully saturated rings. The summed E-state index contributed by atoms with van der Waals surface area (Å²) >= 11 is 0. The van der Waals surface area contributed by atoms with Gasteiger partial charge in [-0.05, 0) is 24.3 Å². The molecular weight excluding hydrogens is 317 g/mol. The van der Waals surface area contributed by atoms with Crippen LogP contribution in [0.2, 0.25) is 0 Å². The molecule has 0 saturated carbocycles. The zero-order chi connectivity index (χ0) is 12.6. The Morgan fingerprint density at radius 2 is 1.32 bits per heavy atom. The fourth-order valence-electron chi connectivity index (χ4n) is 1.53. The van der Waals surface area contributed by atoms with Gasteiger partial charge in [-0.25, -0.2) is 0 Å². The molecule has 0 radical (unpaired) electrons. The van der Waals surface area contributed by atoms with Gasteiger partial charge >= 0.3 is 19.5 Å². The van der Waals surface area contributed by atoms with E-state index in [-0.39, 0.29) is 34.3 Å². The van der Waals surface area contributed by atoms with Gasteiger partial charge in [0.05, 0.1) is 0 Å². The maximum Gasteiger partial charge on any atom is 2.00 e. The Labute approximate surface area is 136 Å². The van der Waals surface area contributed by atoms with E-state index in [1.54, 1.807) is 0 Å². The first kappa shape index (κ1) is 27.2. The molecule has 0 N–H and O–H groups in total. The molecule has 0 aliphatic rings. The Bertz CT molecular complexity index is 260. The molecule has 0 aliphatic heterocycles. The standard InChI is InChI=1S/C10H14.C6H14.2CH3.Ru/c1-8(2)10-6-4-9(3)5-7-10;1-4-5-6(2)3;;;/h4-8H,1-3H3;6H,4-5H2,1-3H3;2*1H3;/q;;2*-1;+2. The molecule has 0 bridgehead atoms. The van der Waals surface area contributed by atoms with Crippen molar-refractivity contribution in [3.8, 4) is 0 Å². The molecule has 0 saturated heterocycles. The molecule has 0 aliphatic carbocycles. The fourth-order valence-corrected chi connectivity index (χ4v) is 1.53. The smallest absolute Gasteiger partial charge is 0.358 e. The average Bonchev–Trinajstić information content (AvgIpc) is 2.19. The van der Waals surface area contributed by atoms with Crippen LogP contribution in [-0.4, -0.2) is 0 Å². The van der Waals surface area contributed by atoms with Gasteiger partial charge in [0.15, 0.2) is 0 Å². The maximum absolute atomic E-state index is 2.25. The zero-order valence-electron chi connectivity index (χ0n) is 14.2. The van der Waals surface area contributed by atoms with Gasteiger partial charge in [-0.2, -0.15) is 0 Å². The Balaban J connectivity index is -0.000000112. The minimum atomic E-state index is 0. The molecule has 1 heteroatoms. The van der Waals surface area contributed by atoms with E-state index in [4.69, 9.17) is 0 Å². The van der Waals surface area contributed by atoms with Crippen LogP contribution in [-0.2, 0) is 19.5 Å². The topological polar surface area (TPSA) is 0 Å². The quantitative estimate of drug-likeness (QED) is 0.433. The van der Waals surface area contributed by atoms with Gasteiger partial charge in [-0.1, -0.05) is 77.3 Å². The molecule has 0 aromatic heterocycles. The molecule has 0 spiro atoms. The first-order valence-corrected chi connectivity index (χ1v) is 6.53. The van der Waals surface area contributed by atoms with Crippen LogP contribution in [0.4, 0.5) is 0 Å². The summed E-state index contributed by atoms with van der Waals surface area (Å²) in [6.45, 7) is 13.3. The molecule has 0 nitrogen and oxygen atoms in total. The molecule has 19 heavy (non-hydrogen) atoms. The Morgan fingerprint density at radius 3 is 1.53 bits per heavy atom. The minimum Gasteiger partial charge on any atom is -0.358 e. The van der Waals surface area contributed by atoms with Crippen molar-refractivity contribution in [2.75, 3.05) is 0 Å². The number of hydrogen-bond acceptors (Lipinski definition) is 0. The van der Waals surface area contributed by atoms with Gasteiger partial charge in [-0.15, -0.1) is 0 Å². The Kier molecular flexibility index (Phi) is 22.8. The monoisotopic (exact) mass is 352 g/mol. The van der Waals surface area contributed by atoms with E-state index >= 15 is 0 Å². The van der Waals surface area contributed by atoms with E-state index in [2.05, 4.69) is 65.8 Å². The second-order valence-corrected chi connectivity index (χ2v) is 5.25. The van der Waals surface area contributed by atoms with Crippen LogP contribution in [0.1, 0.15) is 64.5 Å². The molecule has 1 rings (SSSR count). The minimum absolute atomic E-state index is 0. The summed E-state index contributed by atoms with van der Waals surface area (Å²) in [6.07, 6.45) is 2.71. The average molecular weight is 352 g/mol. The molecule has 1 aromatic rings. The van der Waals surface area contributed by atoms with Gasteiger partial charge in [-0.3, -0.25) is 0 Å². The molecular formula is C18H34Ru. The second-order valence-electron chi connectivity index (χ2n) is 5.25. The number of hydrogen-bond donors (Lipinski definition) is 0. The molecule has 0 amide bonds. The van der Waals surface area contributed by atoms with E-state index in [1.165, 1.54) is 24.0 Å². The van der Waals surface area contributed by atoms with Crippen molar-refractivity contribution in [2.24, 2.45) is 5.92 Å². The summed E-state index contributed by atoms with van der Waals surface area (Å²) in [5.74, 6) is 1.55. The predicted octanol–water partition coefficient (Wildman–Crippen LogP) is 6.46. The van der Waals surface area contributed by atoms with Crippen LogP contribution < -0.4 is 0 Å².